The third kappa shape index (κ3) is 4.00. The fourth-order valence-corrected chi connectivity index (χ4v) is 4.27. The molecule has 0 amide bonds. The smallest absolute Gasteiger partial charge is 0.344 e. The van der Waals surface area contributed by atoms with E-state index in [0.29, 0.717) is 26.9 Å². The first-order valence-electron chi connectivity index (χ1n) is 9.37. The predicted octanol–water partition coefficient (Wildman–Crippen LogP) is 5.36. The number of aliphatic hydroxyl groups is 1. The van der Waals surface area contributed by atoms with Gasteiger partial charge in [-0.1, -0.05) is 54.2 Å². The zero-order chi connectivity index (χ0) is 22.0. The number of aromatic hydroxyl groups is 1. The van der Waals surface area contributed by atoms with E-state index in [1.807, 2.05) is 42.5 Å². The van der Waals surface area contributed by atoms with Gasteiger partial charge < -0.3 is 19.7 Å². The van der Waals surface area contributed by atoms with Gasteiger partial charge in [-0.2, -0.15) is 0 Å². The number of hydrogen-bond acceptors (Lipinski definition) is 7. The highest BCUT2D eigenvalue weighted by molar-refractivity contribution is 8.18. The second-order valence-electron chi connectivity index (χ2n) is 6.67. The third-order valence-electron chi connectivity index (χ3n) is 4.77. The van der Waals surface area contributed by atoms with Crippen LogP contribution in [0.4, 0.5) is 5.69 Å². The molecule has 156 valence electrons. The lowest BCUT2D eigenvalue weighted by atomic mass is 10.1. The minimum atomic E-state index is -0.671. The molecular formula is C24H19NO5S. The summed E-state index contributed by atoms with van der Waals surface area (Å²) in [5.74, 6) is -0.561. The summed E-state index contributed by atoms with van der Waals surface area (Å²) in [5.41, 5.74) is 1.37. The first-order valence-corrected chi connectivity index (χ1v) is 10.2. The number of nitrogens with zero attached hydrogens (tertiary/aromatic N) is 1. The number of benzene rings is 3. The van der Waals surface area contributed by atoms with Gasteiger partial charge in [-0.05, 0) is 35.2 Å². The number of carbonyl (C=O) groups excluding carboxylic acids is 1. The van der Waals surface area contributed by atoms with E-state index in [1.54, 1.807) is 18.2 Å². The van der Waals surface area contributed by atoms with Crippen molar-refractivity contribution in [2.45, 2.75) is 0 Å². The monoisotopic (exact) mass is 433 g/mol. The minimum Gasteiger partial charge on any atom is -0.506 e. The van der Waals surface area contributed by atoms with E-state index < -0.39 is 5.97 Å². The fourth-order valence-electron chi connectivity index (χ4n) is 3.24. The number of phenols is 1. The maximum Gasteiger partial charge on any atom is 0.344 e. The number of fused-ring (bicyclic) bond motifs is 1. The van der Waals surface area contributed by atoms with Crippen molar-refractivity contribution in [3.8, 4) is 11.5 Å². The summed E-state index contributed by atoms with van der Waals surface area (Å²) >= 11 is 1.17. The van der Waals surface area contributed by atoms with Crippen LogP contribution in [-0.4, -0.2) is 35.4 Å². The van der Waals surface area contributed by atoms with Gasteiger partial charge in [-0.15, -0.1) is 0 Å². The lowest BCUT2D eigenvalue weighted by Gasteiger charge is -2.05. The molecule has 0 aliphatic carbocycles. The first kappa shape index (κ1) is 20.6. The van der Waals surface area contributed by atoms with Crippen LogP contribution in [0.25, 0.3) is 16.8 Å². The Morgan fingerprint density at radius 1 is 1.03 bits per heavy atom. The predicted molar refractivity (Wildman–Crippen MR) is 123 cm³/mol. The second-order valence-corrected chi connectivity index (χ2v) is 7.70. The van der Waals surface area contributed by atoms with Crippen molar-refractivity contribution >= 4 is 45.3 Å². The van der Waals surface area contributed by atoms with Gasteiger partial charge in [0.1, 0.15) is 16.4 Å². The Balaban J connectivity index is 1.81. The van der Waals surface area contributed by atoms with Crippen LogP contribution in [0.2, 0.25) is 0 Å². The third-order valence-corrected chi connectivity index (χ3v) is 5.79. The van der Waals surface area contributed by atoms with Crippen molar-refractivity contribution in [3.63, 3.8) is 0 Å². The Hall–Kier alpha value is -3.71. The quantitative estimate of drug-likeness (QED) is 0.539. The number of rotatable bonds is 4. The van der Waals surface area contributed by atoms with Crippen LogP contribution in [0.5, 0.6) is 11.5 Å². The van der Waals surface area contributed by atoms with Crippen LogP contribution in [0.15, 0.2) is 81.9 Å². The first-order chi connectivity index (χ1) is 15.0. The summed E-state index contributed by atoms with van der Waals surface area (Å²) in [6.07, 6.45) is 1.69. The Morgan fingerprint density at radius 3 is 2.58 bits per heavy atom. The zero-order valence-corrected chi connectivity index (χ0v) is 17.6. The number of esters is 1. The van der Waals surface area contributed by atoms with E-state index >= 15 is 0 Å². The molecule has 3 aromatic carbocycles. The van der Waals surface area contributed by atoms with E-state index in [0.717, 1.165) is 10.8 Å². The SMILES string of the molecule is COC(=O)C1=C(O)C(=Cc2ccc(O)c(OC)c2)SC1=Nc1cccc2ccccc12. The minimum absolute atomic E-state index is 0.0111. The highest BCUT2D eigenvalue weighted by atomic mass is 32.2. The molecule has 0 radical (unpaired) electrons. The molecule has 0 atom stereocenters. The van der Waals surface area contributed by atoms with E-state index in [2.05, 4.69) is 4.99 Å². The van der Waals surface area contributed by atoms with Crippen LogP contribution in [0.1, 0.15) is 5.56 Å². The molecule has 0 unspecified atom stereocenters. The molecule has 2 N–H and O–H groups in total. The standard InChI is InChI=1S/C24H19NO5S/c1-29-19-12-14(10-11-18(19)26)13-20-22(27)21(24(28)30-2)23(31-20)25-17-9-5-7-15-6-3-4-8-16(15)17/h3-13,26-27H,1-2H3. The van der Waals surface area contributed by atoms with Crippen molar-refractivity contribution < 1.29 is 24.5 Å². The van der Waals surface area contributed by atoms with E-state index in [1.165, 1.54) is 32.0 Å². The van der Waals surface area contributed by atoms with E-state index in [4.69, 9.17) is 9.47 Å². The highest BCUT2D eigenvalue weighted by Gasteiger charge is 2.33. The normalized spacial score (nSPS) is 16.3. The Labute approximate surface area is 183 Å². The van der Waals surface area contributed by atoms with Crippen LogP contribution >= 0.6 is 11.8 Å². The van der Waals surface area contributed by atoms with Crippen molar-refractivity contribution in [1.29, 1.82) is 0 Å². The van der Waals surface area contributed by atoms with E-state index in [9.17, 15) is 15.0 Å². The van der Waals surface area contributed by atoms with Gasteiger partial charge in [-0.25, -0.2) is 9.79 Å². The number of ether oxygens (including phenoxy) is 2. The maximum absolute atomic E-state index is 12.4. The van der Waals surface area contributed by atoms with Gasteiger partial charge in [0.05, 0.1) is 24.8 Å². The summed E-state index contributed by atoms with van der Waals surface area (Å²) in [4.78, 5) is 17.5. The van der Waals surface area contributed by atoms with Crippen molar-refractivity contribution in [2.75, 3.05) is 14.2 Å². The summed E-state index contributed by atoms with van der Waals surface area (Å²) < 4.78 is 10.0. The van der Waals surface area contributed by atoms with Gasteiger partial charge in [-0.3, -0.25) is 0 Å². The molecular weight excluding hydrogens is 414 g/mol. The fraction of sp³-hybridized carbons (Fsp3) is 0.0833. The lowest BCUT2D eigenvalue weighted by Crippen LogP contribution is -2.10. The largest absolute Gasteiger partial charge is 0.506 e. The van der Waals surface area contributed by atoms with Gasteiger partial charge in [0, 0.05) is 5.39 Å². The maximum atomic E-state index is 12.4. The molecule has 0 saturated heterocycles. The molecule has 0 aromatic heterocycles. The molecule has 7 heteroatoms. The molecule has 1 aliphatic rings. The molecule has 0 fully saturated rings. The number of methoxy groups -OCH3 is 2. The van der Waals surface area contributed by atoms with Gasteiger partial charge in [0.25, 0.3) is 0 Å². The van der Waals surface area contributed by atoms with Crippen LogP contribution < -0.4 is 4.74 Å². The molecule has 0 saturated carbocycles. The zero-order valence-electron chi connectivity index (χ0n) is 16.8. The molecule has 1 aliphatic heterocycles. The molecule has 6 nitrogen and oxygen atoms in total. The van der Waals surface area contributed by atoms with Gasteiger partial charge >= 0.3 is 5.97 Å². The molecule has 4 rings (SSSR count). The Morgan fingerprint density at radius 2 is 1.81 bits per heavy atom. The molecule has 1 heterocycles. The second kappa shape index (κ2) is 8.57. The topological polar surface area (TPSA) is 88.4 Å². The molecule has 0 spiro atoms. The van der Waals surface area contributed by atoms with E-state index in [-0.39, 0.29) is 17.1 Å². The summed E-state index contributed by atoms with van der Waals surface area (Å²) in [5, 5.41) is 22.9. The number of aliphatic hydroxyl groups excluding tert-OH is 1. The average molecular weight is 433 g/mol. The number of carbonyl (C=O) groups is 1. The van der Waals surface area contributed by atoms with Gasteiger partial charge in [0.15, 0.2) is 11.5 Å². The lowest BCUT2D eigenvalue weighted by molar-refractivity contribution is -0.135. The number of aliphatic imine (C=N–C) groups is 1. The summed E-state index contributed by atoms with van der Waals surface area (Å²) in [7, 11) is 2.72. The summed E-state index contributed by atoms with van der Waals surface area (Å²) in [6, 6.07) is 18.3. The van der Waals surface area contributed by atoms with Crippen molar-refractivity contribution in [1.82, 2.24) is 0 Å². The average Bonchev–Trinajstić information content (AvgIpc) is 3.09. The van der Waals surface area contributed by atoms with Crippen LogP contribution in [0.3, 0.4) is 0 Å². The van der Waals surface area contributed by atoms with Crippen molar-refractivity contribution in [3.05, 3.63) is 82.5 Å². The number of thioether (sulfide) groups is 1. The number of phenolic OH excluding ortho intramolecular Hbond substituents is 1. The van der Waals surface area contributed by atoms with Crippen LogP contribution in [0, 0.1) is 0 Å². The molecule has 3 aromatic rings. The van der Waals surface area contributed by atoms with Crippen molar-refractivity contribution in [2.24, 2.45) is 4.99 Å². The van der Waals surface area contributed by atoms with Crippen LogP contribution in [-0.2, 0) is 9.53 Å². The highest BCUT2D eigenvalue weighted by Crippen LogP contribution is 2.41. The molecule has 0 bridgehead atoms. The van der Waals surface area contributed by atoms with Gasteiger partial charge in [0.2, 0.25) is 0 Å². The summed E-state index contributed by atoms with van der Waals surface area (Å²) in [6.45, 7) is 0. The Bertz CT molecular complexity index is 1270. The number of hydrogen-bond donors (Lipinski definition) is 2. The Kier molecular flexibility index (Phi) is 5.68. The molecule has 31 heavy (non-hydrogen) atoms.